The van der Waals surface area contributed by atoms with Gasteiger partial charge in [0.15, 0.2) is 0 Å². The molecule has 1 aliphatic rings. The first-order chi connectivity index (χ1) is 6.63. The molecule has 1 fully saturated rings. The van der Waals surface area contributed by atoms with Gasteiger partial charge in [0.25, 0.3) is 0 Å². The lowest BCUT2D eigenvalue weighted by molar-refractivity contribution is -0.128. The summed E-state index contributed by atoms with van der Waals surface area (Å²) < 4.78 is 0. The van der Waals surface area contributed by atoms with Crippen molar-refractivity contribution in [3.8, 4) is 0 Å². The Bertz CT molecular complexity index is 194. The van der Waals surface area contributed by atoms with Gasteiger partial charge in [0, 0.05) is 19.6 Å². The van der Waals surface area contributed by atoms with E-state index < -0.39 is 0 Å². The number of amides is 1. The molecule has 1 amide bonds. The first-order valence-corrected chi connectivity index (χ1v) is 5.60. The third kappa shape index (κ3) is 3.29. The van der Waals surface area contributed by atoms with Crippen LogP contribution in [0.5, 0.6) is 0 Å². The van der Waals surface area contributed by atoms with Crippen LogP contribution in [-0.4, -0.2) is 37.0 Å². The molecule has 0 aromatic heterocycles. The minimum Gasteiger partial charge on any atom is -0.345 e. The summed E-state index contributed by atoms with van der Waals surface area (Å²) in [4.78, 5) is 13.2. The van der Waals surface area contributed by atoms with Crippen LogP contribution in [-0.2, 0) is 4.79 Å². The molecule has 1 rings (SSSR count). The molecule has 1 saturated carbocycles. The average molecular weight is 198 g/mol. The van der Waals surface area contributed by atoms with Gasteiger partial charge in [0.05, 0.1) is 6.54 Å². The Morgan fingerprint density at radius 2 is 2.21 bits per heavy atom. The van der Waals surface area contributed by atoms with E-state index in [-0.39, 0.29) is 5.91 Å². The summed E-state index contributed by atoms with van der Waals surface area (Å²) in [5.41, 5.74) is 0. The zero-order valence-corrected chi connectivity index (χ0v) is 9.55. The standard InChI is InChI=1S/C11H22N2O/c1-4-13(3)11(14)8-12-10-6-5-9(2)7-10/h9-10,12H,4-8H2,1-3H3. The highest BCUT2D eigenvalue weighted by molar-refractivity contribution is 5.77. The maximum Gasteiger partial charge on any atom is 0.236 e. The lowest BCUT2D eigenvalue weighted by Crippen LogP contribution is -2.39. The molecule has 1 aliphatic carbocycles. The topological polar surface area (TPSA) is 32.3 Å². The molecule has 14 heavy (non-hydrogen) atoms. The van der Waals surface area contributed by atoms with Crippen molar-refractivity contribution in [3.05, 3.63) is 0 Å². The van der Waals surface area contributed by atoms with Gasteiger partial charge in [-0.1, -0.05) is 6.92 Å². The van der Waals surface area contributed by atoms with E-state index in [1.165, 1.54) is 19.3 Å². The van der Waals surface area contributed by atoms with E-state index in [0.29, 0.717) is 12.6 Å². The molecule has 0 spiro atoms. The summed E-state index contributed by atoms with van der Waals surface area (Å²) in [6, 6.07) is 0.569. The highest BCUT2D eigenvalue weighted by Gasteiger charge is 2.21. The Kier molecular flexibility index (Phi) is 4.39. The van der Waals surface area contributed by atoms with Gasteiger partial charge < -0.3 is 10.2 Å². The van der Waals surface area contributed by atoms with E-state index >= 15 is 0 Å². The fourth-order valence-corrected chi connectivity index (χ4v) is 1.94. The molecule has 82 valence electrons. The monoisotopic (exact) mass is 198 g/mol. The Morgan fingerprint density at radius 1 is 1.50 bits per heavy atom. The Morgan fingerprint density at radius 3 is 2.71 bits per heavy atom. The molecule has 1 N–H and O–H groups in total. The molecule has 2 unspecified atom stereocenters. The number of rotatable bonds is 4. The Labute approximate surface area is 86.9 Å². The third-order valence-corrected chi connectivity index (χ3v) is 3.14. The molecule has 0 aromatic rings. The van der Waals surface area contributed by atoms with Crippen molar-refractivity contribution in [1.29, 1.82) is 0 Å². The number of hydrogen-bond acceptors (Lipinski definition) is 2. The maximum atomic E-state index is 11.5. The average Bonchev–Trinajstić information content (AvgIpc) is 2.59. The fourth-order valence-electron chi connectivity index (χ4n) is 1.94. The van der Waals surface area contributed by atoms with Crippen molar-refractivity contribution in [2.45, 2.75) is 39.2 Å². The molecular weight excluding hydrogens is 176 g/mol. The summed E-state index contributed by atoms with van der Waals surface area (Å²) in [5.74, 6) is 1.03. The van der Waals surface area contributed by atoms with Crippen molar-refractivity contribution < 1.29 is 4.79 Å². The van der Waals surface area contributed by atoms with Crippen molar-refractivity contribution in [3.63, 3.8) is 0 Å². The predicted octanol–water partition coefficient (Wildman–Crippen LogP) is 1.24. The summed E-state index contributed by atoms with van der Waals surface area (Å²) in [7, 11) is 1.85. The number of hydrogen-bond donors (Lipinski definition) is 1. The summed E-state index contributed by atoms with van der Waals surface area (Å²) in [5, 5.41) is 3.34. The first kappa shape index (κ1) is 11.5. The van der Waals surface area contributed by atoms with Crippen LogP contribution in [0.25, 0.3) is 0 Å². The van der Waals surface area contributed by atoms with Crippen LogP contribution in [0.4, 0.5) is 0 Å². The van der Waals surface area contributed by atoms with Crippen LogP contribution >= 0.6 is 0 Å². The molecule has 0 bridgehead atoms. The normalized spacial score (nSPS) is 26.5. The molecular formula is C11H22N2O. The van der Waals surface area contributed by atoms with E-state index in [4.69, 9.17) is 0 Å². The fraction of sp³-hybridized carbons (Fsp3) is 0.909. The zero-order chi connectivity index (χ0) is 10.6. The zero-order valence-electron chi connectivity index (χ0n) is 9.55. The summed E-state index contributed by atoms with van der Waals surface area (Å²) >= 11 is 0. The second-order valence-corrected chi connectivity index (χ2v) is 4.40. The first-order valence-electron chi connectivity index (χ1n) is 5.60. The second-order valence-electron chi connectivity index (χ2n) is 4.40. The maximum absolute atomic E-state index is 11.5. The van der Waals surface area contributed by atoms with E-state index in [1.54, 1.807) is 4.90 Å². The lowest BCUT2D eigenvalue weighted by atomic mass is 10.1. The molecule has 3 nitrogen and oxygen atoms in total. The van der Waals surface area contributed by atoms with Crippen molar-refractivity contribution in [2.75, 3.05) is 20.1 Å². The molecule has 3 heteroatoms. The van der Waals surface area contributed by atoms with Crippen molar-refractivity contribution >= 4 is 5.91 Å². The minimum atomic E-state index is 0.201. The van der Waals surface area contributed by atoms with Gasteiger partial charge in [-0.15, -0.1) is 0 Å². The minimum absolute atomic E-state index is 0.201. The smallest absolute Gasteiger partial charge is 0.236 e. The third-order valence-electron chi connectivity index (χ3n) is 3.14. The largest absolute Gasteiger partial charge is 0.345 e. The highest BCUT2D eigenvalue weighted by Crippen LogP contribution is 2.24. The number of carbonyl (C=O) groups is 1. The summed E-state index contributed by atoms with van der Waals surface area (Å²) in [6.07, 6.45) is 3.75. The van der Waals surface area contributed by atoms with Gasteiger partial charge >= 0.3 is 0 Å². The van der Waals surface area contributed by atoms with Gasteiger partial charge in [-0.25, -0.2) is 0 Å². The second kappa shape index (κ2) is 5.35. The van der Waals surface area contributed by atoms with Gasteiger partial charge in [0.2, 0.25) is 5.91 Å². The molecule has 0 aliphatic heterocycles. The van der Waals surface area contributed by atoms with E-state index in [1.807, 2.05) is 14.0 Å². The van der Waals surface area contributed by atoms with Crippen molar-refractivity contribution in [2.24, 2.45) is 5.92 Å². The molecule has 0 heterocycles. The van der Waals surface area contributed by atoms with Crippen LogP contribution < -0.4 is 5.32 Å². The number of nitrogens with one attached hydrogen (secondary N) is 1. The van der Waals surface area contributed by atoms with Gasteiger partial charge in [-0.05, 0) is 32.1 Å². The van der Waals surface area contributed by atoms with Gasteiger partial charge in [-0.2, -0.15) is 0 Å². The quantitative estimate of drug-likeness (QED) is 0.737. The Hall–Kier alpha value is -0.570. The molecule has 0 radical (unpaired) electrons. The SMILES string of the molecule is CCN(C)C(=O)CNC1CCC(C)C1. The molecule has 0 saturated heterocycles. The number of carbonyl (C=O) groups excluding carboxylic acids is 1. The lowest BCUT2D eigenvalue weighted by Gasteiger charge is -2.17. The molecule has 2 atom stereocenters. The van der Waals surface area contributed by atoms with Crippen LogP contribution in [0.1, 0.15) is 33.1 Å². The predicted molar refractivity (Wildman–Crippen MR) is 58.1 cm³/mol. The summed E-state index contributed by atoms with van der Waals surface area (Å²) in [6.45, 7) is 5.57. The van der Waals surface area contributed by atoms with Gasteiger partial charge in [0.1, 0.15) is 0 Å². The highest BCUT2D eigenvalue weighted by atomic mass is 16.2. The van der Waals surface area contributed by atoms with Gasteiger partial charge in [-0.3, -0.25) is 4.79 Å². The number of likely N-dealkylation sites (N-methyl/N-ethyl adjacent to an activating group) is 1. The number of nitrogens with zero attached hydrogens (tertiary/aromatic N) is 1. The van der Waals surface area contributed by atoms with Crippen LogP contribution in [0, 0.1) is 5.92 Å². The van der Waals surface area contributed by atoms with Crippen LogP contribution in [0.15, 0.2) is 0 Å². The van der Waals surface area contributed by atoms with Crippen molar-refractivity contribution in [1.82, 2.24) is 10.2 Å². The van der Waals surface area contributed by atoms with E-state index in [2.05, 4.69) is 12.2 Å². The Balaban J connectivity index is 2.17. The van der Waals surface area contributed by atoms with E-state index in [0.717, 1.165) is 12.5 Å². The molecule has 0 aromatic carbocycles. The van der Waals surface area contributed by atoms with Crippen LogP contribution in [0.2, 0.25) is 0 Å². The van der Waals surface area contributed by atoms with Crippen LogP contribution in [0.3, 0.4) is 0 Å². The van der Waals surface area contributed by atoms with E-state index in [9.17, 15) is 4.79 Å².